The van der Waals surface area contributed by atoms with Gasteiger partial charge in [-0.05, 0) is 48.2 Å². The van der Waals surface area contributed by atoms with Crippen molar-refractivity contribution < 1.29 is 23.6 Å². The summed E-state index contributed by atoms with van der Waals surface area (Å²) in [6, 6.07) is 20.0. The molecular weight excluding hydrogens is 519 g/mol. The van der Waals surface area contributed by atoms with Gasteiger partial charge in [-0.15, -0.1) is 0 Å². The number of fused-ring (bicyclic) bond motifs is 1. The standard InChI is InChI=1S/C29H25FN4O4S/c1-16(2)14-22(28(36)37)32-27(35)26-24(17-6-4-3-5-7-17)25(34-38-26)18-8-11-20(12-9-18)31-29-33-21-13-10-19(30)15-23(21)39-29/h3-13,15-16,22H,14H2,1-2H3,(H,31,33)(H,32,35)(H,36,37). The topological polar surface area (TPSA) is 117 Å². The first-order chi connectivity index (χ1) is 18.8. The van der Waals surface area contributed by atoms with Gasteiger partial charge in [-0.2, -0.15) is 0 Å². The number of aliphatic carboxylic acids is 1. The molecule has 1 amide bonds. The van der Waals surface area contributed by atoms with Crippen molar-refractivity contribution >= 4 is 44.2 Å². The van der Waals surface area contributed by atoms with E-state index in [1.807, 2.05) is 68.4 Å². The second-order valence-corrected chi connectivity index (χ2v) is 10.5. The average molecular weight is 545 g/mol. The number of benzene rings is 3. The van der Waals surface area contributed by atoms with Crippen LogP contribution in [-0.2, 0) is 4.79 Å². The number of carbonyl (C=O) groups excluding carboxylic acids is 1. The molecule has 0 aliphatic rings. The lowest BCUT2D eigenvalue weighted by molar-refractivity contribution is -0.139. The number of amides is 1. The Morgan fingerprint density at radius 1 is 1.03 bits per heavy atom. The van der Waals surface area contributed by atoms with Crippen molar-refractivity contribution in [1.29, 1.82) is 0 Å². The number of halogens is 1. The number of rotatable bonds is 9. The minimum absolute atomic E-state index is 0.0601. The predicted molar refractivity (Wildman–Crippen MR) is 149 cm³/mol. The van der Waals surface area contributed by atoms with Crippen molar-refractivity contribution in [2.24, 2.45) is 5.92 Å². The van der Waals surface area contributed by atoms with Gasteiger partial charge in [0.2, 0.25) is 5.76 Å². The summed E-state index contributed by atoms with van der Waals surface area (Å²) in [5.41, 5.74) is 3.79. The van der Waals surface area contributed by atoms with Crippen molar-refractivity contribution in [3.8, 4) is 22.4 Å². The third kappa shape index (κ3) is 5.80. The van der Waals surface area contributed by atoms with Crippen LogP contribution in [0.3, 0.4) is 0 Å². The van der Waals surface area contributed by atoms with Crippen molar-refractivity contribution in [3.05, 3.63) is 84.4 Å². The van der Waals surface area contributed by atoms with Gasteiger partial charge in [0.1, 0.15) is 17.6 Å². The minimum atomic E-state index is -1.11. The first-order valence-electron chi connectivity index (χ1n) is 12.3. The van der Waals surface area contributed by atoms with E-state index in [0.29, 0.717) is 33.0 Å². The zero-order valence-corrected chi connectivity index (χ0v) is 22.0. The highest BCUT2D eigenvalue weighted by atomic mass is 32.1. The van der Waals surface area contributed by atoms with E-state index in [-0.39, 0.29) is 23.9 Å². The van der Waals surface area contributed by atoms with Gasteiger partial charge in [-0.1, -0.05) is 72.8 Å². The van der Waals surface area contributed by atoms with Crippen LogP contribution < -0.4 is 10.6 Å². The second-order valence-electron chi connectivity index (χ2n) is 9.43. The van der Waals surface area contributed by atoms with Crippen LogP contribution in [0.1, 0.15) is 30.8 Å². The van der Waals surface area contributed by atoms with E-state index in [1.54, 1.807) is 6.07 Å². The fourth-order valence-electron chi connectivity index (χ4n) is 4.22. The van der Waals surface area contributed by atoms with Crippen LogP contribution >= 0.6 is 11.3 Å². The maximum atomic E-state index is 13.5. The molecule has 0 saturated heterocycles. The van der Waals surface area contributed by atoms with Crippen LogP contribution in [0, 0.1) is 11.7 Å². The van der Waals surface area contributed by atoms with Crippen LogP contribution in [0.5, 0.6) is 0 Å². The molecule has 0 aliphatic heterocycles. The van der Waals surface area contributed by atoms with Crippen molar-refractivity contribution in [2.75, 3.05) is 5.32 Å². The number of hydrogen-bond acceptors (Lipinski definition) is 7. The molecule has 2 heterocycles. The molecule has 3 N–H and O–H groups in total. The van der Waals surface area contributed by atoms with Crippen LogP contribution in [0.25, 0.3) is 32.6 Å². The van der Waals surface area contributed by atoms with Crippen molar-refractivity contribution in [3.63, 3.8) is 0 Å². The maximum absolute atomic E-state index is 13.5. The molecule has 0 bridgehead atoms. The molecule has 0 fully saturated rings. The number of thiazole rings is 1. The summed E-state index contributed by atoms with van der Waals surface area (Å²) < 4.78 is 19.8. The van der Waals surface area contributed by atoms with E-state index in [1.165, 1.54) is 23.5 Å². The van der Waals surface area contributed by atoms with E-state index in [0.717, 1.165) is 10.4 Å². The molecule has 0 spiro atoms. The molecule has 5 aromatic rings. The minimum Gasteiger partial charge on any atom is -0.480 e. The number of hydrogen-bond donors (Lipinski definition) is 3. The lowest BCUT2D eigenvalue weighted by Crippen LogP contribution is -2.41. The summed E-state index contributed by atoms with van der Waals surface area (Å²) >= 11 is 1.35. The van der Waals surface area contributed by atoms with Gasteiger partial charge < -0.3 is 20.3 Å². The first-order valence-corrected chi connectivity index (χ1v) is 13.1. The quantitative estimate of drug-likeness (QED) is 0.188. The SMILES string of the molecule is CC(C)CC(NC(=O)c1onc(-c2ccc(Nc3nc4ccc(F)cc4s3)cc2)c1-c1ccccc1)C(=O)O. The van der Waals surface area contributed by atoms with Crippen LogP contribution in [-0.4, -0.2) is 33.2 Å². The number of carboxylic acids is 1. The summed E-state index contributed by atoms with van der Waals surface area (Å²) in [5.74, 6) is -2.06. The number of aromatic nitrogens is 2. The first kappa shape index (κ1) is 26.1. The predicted octanol–water partition coefficient (Wildman–Crippen LogP) is 6.73. The van der Waals surface area contributed by atoms with E-state index in [9.17, 15) is 19.1 Å². The van der Waals surface area contributed by atoms with Crippen molar-refractivity contribution in [2.45, 2.75) is 26.3 Å². The van der Waals surface area contributed by atoms with Gasteiger partial charge in [0, 0.05) is 11.3 Å². The third-order valence-corrected chi connectivity index (χ3v) is 6.96. The average Bonchev–Trinajstić information content (AvgIpc) is 3.53. The zero-order valence-electron chi connectivity index (χ0n) is 21.1. The number of nitrogens with one attached hydrogen (secondary N) is 2. The molecule has 2 aromatic heterocycles. The molecule has 0 saturated carbocycles. The third-order valence-electron chi connectivity index (χ3n) is 6.03. The second kappa shape index (κ2) is 11.0. The molecule has 8 nitrogen and oxygen atoms in total. The largest absolute Gasteiger partial charge is 0.480 e. The summed E-state index contributed by atoms with van der Waals surface area (Å²) in [6.07, 6.45) is 0.279. The highest BCUT2D eigenvalue weighted by molar-refractivity contribution is 7.22. The van der Waals surface area contributed by atoms with Gasteiger partial charge >= 0.3 is 5.97 Å². The van der Waals surface area contributed by atoms with Gasteiger partial charge in [0.15, 0.2) is 5.13 Å². The molecule has 1 atom stereocenters. The number of anilines is 2. The van der Waals surface area contributed by atoms with Crippen LogP contribution in [0.2, 0.25) is 0 Å². The monoisotopic (exact) mass is 544 g/mol. The zero-order chi connectivity index (χ0) is 27.5. The van der Waals surface area contributed by atoms with Gasteiger partial charge in [-0.25, -0.2) is 14.2 Å². The van der Waals surface area contributed by atoms with E-state index < -0.39 is 17.9 Å². The van der Waals surface area contributed by atoms with Crippen LogP contribution in [0.4, 0.5) is 15.2 Å². The molecule has 39 heavy (non-hydrogen) atoms. The fourth-order valence-corrected chi connectivity index (χ4v) is 5.13. The summed E-state index contributed by atoms with van der Waals surface area (Å²) in [5, 5.41) is 20.2. The molecule has 1 unspecified atom stereocenters. The Balaban J connectivity index is 1.44. The van der Waals surface area contributed by atoms with Gasteiger partial charge in [0.25, 0.3) is 5.91 Å². The highest BCUT2D eigenvalue weighted by Crippen LogP contribution is 2.36. The maximum Gasteiger partial charge on any atom is 0.326 e. The van der Waals surface area contributed by atoms with Crippen LogP contribution in [0.15, 0.2) is 77.3 Å². The molecule has 10 heteroatoms. The Morgan fingerprint density at radius 2 is 1.77 bits per heavy atom. The molecule has 0 radical (unpaired) electrons. The Bertz CT molecular complexity index is 1630. The molecule has 3 aromatic carbocycles. The Kier molecular flexibility index (Phi) is 7.38. The normalized spacial score (nSPS) is 12.0. The number of nitrogens with zero attached hydrogens (tertiary/aromatic N) is 2. The lowest BCUT2D eigenvalue weighted by atomic mass is 9.98. The molecular formula is C29H25FN4O4S. The van der Waals surface area contributed by atoms with E-state index in [4.69, 9.17) is 4.52 Å². The molecule has 198 valence electrons. The Hall–Kier alpha value is -4.57. The Labute approximate surface area is 227 Å². The smallest absolute Gasteiger partial charge is 0.326 e. The van der Waals surface area contributed by atoms with Crippen molar-refractivity contribution in [1.82, 2.24) is 15.5 Å². The fraction of sp³-hybridized carbons (Fsp3) is 0.172. The van der Waals surface area contributed by atoms with Gasteiger partial charge in [-0.3, -0.25) is 4.79 Å². The van der Waals surface area contributed by atoms with Gasteiger partial charge in [0.05, 0.1) is 15.8 Å². The summed E-state index contributed by atoms with van der Waals surface area (Å²) in [7, 11) is 0. The molecule has 0 aliphatic carbocycles. The summed E-state index contributed by atoms with van der Waals surface area (Å²) in [6.45, 7) is 3.78. The molecule has 5 rings (SSSR count). The number of carboxylic acid groups (broad SMARTS) is 1. The Morgan fingerprint density at radius 3 is 2.46 bits per heavy atom. The van der Waals surface area contributed by atoms with E-state index in [2.05, 4.69) is 20.8 Å². The lowest BCUT2D eigenvalue weighted by Gasteiger charge is -2.16. The van der Waals surface area contributed by atoms with E-state index >= 15 is 0 Å². The summed E-state index contributed by atoms with van der Waals surface area (Å²) in [4.78, 5) is 29.4. The number of carbonyl (C=O) groups is 2. The highest BCUT2D eigenvalue weighted by Gasteiger charge is 2.28.